The summed E-state index contributed by atoms with van der Waals surface area (Å²) in [6.07, 6.45) is 1.47. The van der Waals surface area contributed by atoms with Gasteiger partial charge in [-0.05, 0) is 36.0 Å². The lowest BCUT2D eigenvalue weighted by atomic mass is 10.2. The number of aromatic hydroxyl groups is 1. The quantitative estimate of drug-likeness (QED) is 0.347. The third-order valence-corrected chi connectivity index (χ3v) is 2.79. The number of phenols is 1. The second-order valence-corrected chi connectivity index (χ2v) is 4.60. The summed E-state index contributed by atoms with van der Waals surface area (Å²) in [7, 11) is 0. The van der Waals surface area contributed by atoms with Crippen molar-refractivity contribution in [2.75, 3.05) is 5.32 Å². The third-order valence-electron chi connectivity index (χ3n) is 2.60. The van der Waals surface area contributed by atoms with E-state index in [2.05, 4.69) is 15.8 Å². The third kappa shape index (κ3) is 4.25. The van der Waals surface area contributed by atoms with E-state index in [1.807, 2.05) is 0 Å². The van der Waals surface area contributed by atoms with Crippen molar-refractivity contribution in [3.05, 3.63) is 64.2 Å². The topological polar surface area (TPSA) is 99.8 Å². The summed E-state index contributed by atoms with van der Waals surface area (Å²) >= 11 is 5.02. The van der Waals surface area contributed by atoms with Crippen LogP contribution in [0, 0.1) is 10.1 Å². The lowest BCUT2D eigenvalue weighted by molar-refractivity contribution is -0.383. The van der Waals surface area contributed by atoms with Gasteiger partial charge in [-0.25, -0.2) is 0 Å². The average Bonchev–Trinajstić information content (AvgIpc) is 2.47. The van der Waals surface area contributed by atoms with Crippen LogP contribution in [0.4, 0.5) is 11.4 Å². The van der Waals surface area contributed by atoms with E-state index in [-0.39, 0.29) is 22.2 Å². The predicted octanol–water partition coefficient (Wildman–Crippen LogP) is 2.62. The number of thiocarbonyl (C=S) groups is 1. The van der Waals surface area contributed by atoms with Gasteiger partial charge < -0.3 is 10.4 Å². The van der Waals surface area contributed by atoms with E-state index in [1.165, 1.54) is 18.3 Å². The van der Waals surface area contributed by atoms with Crippen LogP contribution in [0.25, 0.3) is 0 Å². The summed E-state index contributed by atoms with van der Waals surface area (Å²) in [6, 6.07) is 12.7. The summed E-state index contributed by atoms with van der Waals surface area (Å²) in [6.45, 7) is 0. The molecule has 2 rings (SSSR count). The summed E-state index contributed by atoms with van der Waals surface area (Å²) in [5.41, 5.74) is 3.43. The zero-order valence-electron chi connectivity index (χ0n) is 11.3. The molecule has 8 heteroatoms. The molecule has 2 aromatic carbocycles. The van der Waals surface area contributed by atoms with Crippen molar-refractivity contribution in [1.29, 1.82) is 0 Å². The molecule has 0 radical (unpaired) electrons. The minimum Gasteiger partial charge on any atom is -0.508 e. The number of nitrogens with one attached hydrogen (secondary N) is 2. The van der Waals surface area contributed by atoms with E-state index in [1.54, 1.807) is 36.4 Å². The molecule has 0 saturated heterocycles. The number of hydrogen-bond donors (Lipinski definition) is 3. The Morgan fingerprint density at radius 2 is 2.05 bits per heavy atom. The van der Waals surface area contributed by atoms with Gasteiger partial charge in [0.2, 0.25) is 0 Å². The maximum absolute atomic E-state index is 10.9. The number of hydrazone groups is 1. The molecule has 0 aliphatic carbocycles. The van der Waals surface area contributed by atoms with Gasteiger partial charge in [-0.15, -0.1) is 0 Å². The fourth-order valence-corrected chi connectivity index (χ4v) is 1.82. The molecule has 0 unspecified atom stereocenters. The molecule has 3 N–H and O–H groups in total. The molecule has 0 spiro atoms. The van der Waals surface area contributed by atoms with E-state index in [4.69, 9.17) is 12.2 Å². The number of para-hydroxylation sites is 2. The Hall–Kier alpha value is -3.00. The average molecular weight is 316 g/mol. The van der Waals surface area contributed by atoms with Crippen LogP contribution in [0.2, 0.25) is 0 Å². The van der Waals surface area contributed by atoms with E-state index in [0.29, 0.717) is 5.56 Å². The van der Waals surface area contributed by atoms with E-state index in [9.17, 15) is 15.2 Å². The normalized spacial score (nSPS) is 10.4. The van der Waals surface area contributed by atoms with Crippen LogP contribution in [-0.4, -0.2) is 21.4 Å². The Kier molecular flexibility index (Phi) is 4.99. The SMILES string of the molecule is O=[N+]([O-])c1ccccc1NC(=S)N/N=C\c1cccc(O)c1. The first-order chi connectivity index (χ1) is 10.6. The second-order valence-electron chi connectivity index (χ2n) is 4.19. The van der Waals surface area contributed by atoms with Gasteiger partial charge in [0.05, 0.1) is 11.1 Å². The van der Waals surface area contributed by atoms with Crippen molar-refractivity contribution in [2.45, 2.75) is 0 Å². The maximum atomic E-state index is 10.9. The first kappa shape index (κ1) is 15.4. The summed E-state index contributed by atoms with van der Waals surface area (Å²) < 4.78 is 0. The molecule has 2 aromatic rings. The molecule has 0 aliphatic heterocycles. The Morgan fingerprint density at radius 1 is 1.27 bits per heavy atom. The number of benzene rings is 2. The van der Waals surface area contributed by atoms with Crippen LogP contribution < -0.4 is 10.7 Å². The van der Waals surface area contributed by atoms with Crippen molar-refractivity contribution < 1.29 is 10.0 Å². The zero-order valence-corrected chi connectivity index (χ0v) is 12.1. The highest BCUT2D eigenvalue weighted by molar-refractivity contribution is 7.80. The molecule has 0 heterocycles. The largest absolute Gasteiger partial charge is 0.508 e. The van der Waals surface area contributed by atoms with Gasteiger partial charge in [-0.3, -0.25) is 15.5 Å². The smallest absolute Gasteiger partial charge is 0.292 e. The van der Waals surface area contributed by atoms with Crippen molar-refractivity contribution >= 4 is 34.9 Å². The zero-order chi connectivity index (χ0) is 15.9. The molecular formula is C14H12N4O3S. The van der Waals surface area contributed by atoms with E-state index >= 15 is 0 Å². The maximum Gasteiger partial charge on any atom is 0.292 e. The first-order valence-corrected chi connectivity index (χ1v) is 6.59. The van der Waals surface area contributed by atoms with Crippen molar-refractivity contribution in [3.63, 3.8) is 0 Å². The van der Waals surface area contributed by atoms with Gasteiger partial charge in [0, 0.05) is 6.07 Å². The molecule has 0 aromatic heterocycles. The molecule has 0 bridgehead atoms. The minimum atomic E-state index is -0.499. The highest BCUT2D eigenvalue weighted by atomic mass is 32.1. The molecule has 0 atom stereocenters. The van der Waals surface area contributed by atoms with Gasteiger partial charge in [0.25, 0.3) is 5.69 Å². The predicted molar refractivity (Wildman–Crippen MR) is 88.2 cm³/mol. The number of nitro groups is 1. The van der Waals surface area contributed by atoms with Gasteiger partial charge in [0.15, 0.2) is 5.11 Å². The van der Waals surface area contributed by atoms with Gasteiger partial charge >= 0.3 is 0 Å². The molecule has 0 saturated carbocycles. The molecular weight excluding hydrogens is 304 g/mol. The molecule has 0 aliphatic rings. The monoisotopic (exact) mass is 316 g/mol. The number of phenolic OH excluding ortho intramolecular Hbond substituents is 1. The van der Waals surface area contributed by atoms with Crippen LogP contribution >= 0.6 is 12.2 Å². The highest BCUT2D eigenvalue weighted by Gasteiger charge is 2.12. The van der Waals surface area contributed by atoms with Crippen LogP contribution in [0.1, 0.15) is 5.56 Å². The highest BCUT2D eigenvalue weighted by Crippen LogP contribution is 2.22. The number of nitrogens with zero attached hydrogens (tertiary/aromatic N) is 2. The molecule has 0 amide bonds. The van der Waals surface area contributed by atoms with Crippen LogP contribution in [0.3, 0.4) is 0 Å². The van der Waals surface area contributed by atoms with Crippen molar-refractivity contribution in [3.8, 4) is 5.75 Å². The number of anilines is 1. The number of rotatable bonds is 4. The van der Waals surface area contributed by atoms with Crippen LogP contribution in [-0.2, 0) is 0 Å². The van der Waals surface area contributed by atoms with Crippen LogP contribution in [0.5, 0.6) is 5.75 Å². The second kappa shape index (κ2) is 7.14. The van der Waals surface area contributed by atoms with Crippen molar-refractivity contribution in [1.82, 2.24) is 5.43 Å². The van der Waals surface area contributed by atoms with Gasteiger partial charge in [-0.2, -0.15) is 5.10 Å². The number of hydrogen-bond acceptors (Lipinski definition) is 5. The Morgan fingerprint density at radius 3 is 2.77 bits per heavy atom. The Labute approximate surface area is 131 Å². The fourth-order valence-electron chi connectivity index (χ4n) is 1.66. The molecule has 7 nitrogen and oxygen atoms in total. The molecule has 22 heavy (non-hydrogen) atoms. The fraction of sp³-hybridized carbons (Fsp3) is 0. The Bertz CT molecular complexity index is 734. The standard InChI is InChI=1S/C14H12N4O3S/c19-11-5-3-4-10(8-11)9-15-17-14(22)16-12-6-1-2-7-13(12)18(20)21/h1-9,19H,(H2,16,17,22)/b15-9-. The van der Waals surface area contributed by atoms with Crippen molar-refractivity contribution in [2.24, 2.45) is 5.10 Å². The van der Waals surface area contributed by atoms with E-state index < -0.39 is 4.92 Å². The summed E-state index contributed by atoms with van der Waals surface area (Å²) in [4.78, 5) is 10.4. The molecule has 112 valence electrons. The van der Waals surface area contributed by atoms with E-state index in [0.717, 1.165) is 0 Å². The molecule has 0 fully saturated rings. The van der Waals surface area contributed by atoms with Gasteiger partial charge in [0.1, 0.15) is 11.4 Å². The summed E-state index contributed by atoms with van der Waals surface area (Å²) in [5.74, 6) is 0.129. The van der Waals surface area contributed by atoms with Crippen LogP contribution in [0.15, 0.2) is 53.6 Å². The van der Waals surface area contributed by atoms with Gasteiger partial charge in [-0.1, -0.05) is 24.3 Å². The lowest BCUT2D eigenvalue weighted by Gasteiger charge is -2.07. The summed E-state index contributed by atoms with van der Waals surface area (Å²) in [5, 5.41) is 26.9. The minimum absolute atomic E-state index is 0.0800. The lowest BCUT2D eigenvalue weighted by Crippen LogP contribution is -2.24. The first-order valence-electron chi connectivity index (χ1n) is 6.19. The number of nitro benzene ring substituents is 1. The Balaban J connectivity index is 1.98.